The first kappa shape index (κ1) is 54.2. The molecule has 2 aromatic carbocycles. The summed E-state index contributed by atoms with van der Waals surface area (Å²) in [6.45, 7) is 15.4. The number of carbonyl (C=O) groups excluding carboxylic acids is 4. The quantitative estimate of drug-likeness (QED) is 0.0517. The van der Waals surface area contributed by atoms with E-state index in [-0.39, 0.29) is 19.1 Å². The Balaban J connectivity index is 1.65. The number of nitrogens with zero attached hydrogens (tertiary/aromatic N) is 2. The highest BCUT2D eigenvalue weighted by atomic mass is 16.6. The summed E-state index contributed by atoms with van der Waals surface area (Å²) in [5.41, 5.74) is 5.38. The number of ether oxygens (including phenoxy) is 7. The molecule has 0 radical (unpaired) electrons. The molecule has 3 aromatic rings. The molecule has 0 aliphatic carbocycles. The van der Waals surface area contributed by atoms with E-state index in [0.717, 1.165) is 22.4 Å². The van der Waals surface area contributed by atoms with Crippen LogP contribution in [0.4, 0.5) is 9.59 Å². The number of methoxy groups -OCH3 is 2. The topological polar surface area (TPSA) is 197 Å². The van der Waals surface area contributed by atoms with Crippen LogP contribution in [0.5, 0.6) is 0 Å². The van der Waals surface area contributed by atoms with E-state index in [4.69, 9.17) is 33.2 Å². The van der Waals surface area contributed by atoms with Gasteiger partial charge in [-0.05, 0) is 46.9 Å². The summed E-state index contributed by atoms with van der Waals surface area (Å²) in [6.07, 6.45) is 1.14. The van der Waals surface area contributed by atoms with Gasteiger partial charge in [0.1, 0.15) is 18.7 Å². The summed E-state index contributed by atoms with van der Waals surface area (Å²) in [6, 6.07) is 21.1. The third-order valence-electron chi connectivity index (χ3n) is 9.95. The molecule has 0 saturated heterocycles. The minimum absolute atomic E-state index is 0.0220. The van der Waals surface area contributed by atoms with E-state index < -0.39 is 47.0 Å². The molecular weight excluding hydrogens is 837 g/mol. The van der Waals surface area contributed by atoms with Gasteiger partial charge in [-0.1, -0.05) is 102 Å². The maximum atomic E-state index is 14.2. The summed E-state index contributed by atoms with van der Waals surface area (Å²) >= 11 is 0. The van der Waals surface area contributed by atoms with Gasteiger partial charge in [-0.15, -0.1) is 0 Å². The molecule has 17 heteroatoms. The van der Waals surface area contributed by atoms with Crippen LogP contribution in [0, 0.1) is 10.8 Å². The maximum absolute atomic E-state index is 14.2. The molecule has 4 amide bonds. The zero-order valence-corrected chi connectivity index (χ0v) is 39.5. The second-order valence-corrected chi connectivity index (χ2v) is 17.4. The smallest absolute Gasteiger partial charge is 0.407 e. The molecule has 1 aromatic heterocycles. The lowest BCUT2D eigenvalue weighted by molar-refractivity contribution is -0.131. The van der Waals surface area contributed by atoms with Crippen LogP contribution in [0.1, 0.15) is 59.1 Å². The number of aromatic nitrogens is 1. The summed E-state index contributed by atoms with van der Waals surface area (Å²) in [5.74, 6) is -0.814. The van der Waals surface area contributed by atoms with Gasteiger partial charge in [-0.3, -0.25) is 20.0 Å². The van der Waals surface area contributed by atoms with Crippen LogP contribution in [0.25, 0.3) is 11.3 Å². The zero-order valence-electron chi connectivity index (χ0n) is 39.5. The molecule has 360 valence electrons. The molecule has 0 aliphatic rings. The number of hydrogen-bond acceptors (Lipinski definition) is 13. The minimum atomic E-state index is -0.952. The first-order valence-corrected chi connectivity index (χ1v) is 22.1. The highest BCUT2D eigenvalue weighted by molar-refractivity contribution is 5.87. The first-order chi connectivity index (χ1) is 31.1. The lowest BCUT2D eigenvalue weighted by Gasteiger charge is -2.34. The van der Waals surface area contributed by atoms with Crippen LogP contribution in [0.3, 0.4) is 0 Å². The third-order valence-corrected chi connectivity index (χ3v) is 9.95. The second kappa shape index (κ2) is 29.4. The average molecular weight is 909 g/mol. The number of pyridine rings is 1. The second-order valence-electron chi connectivity index (χ2n) is 17.4. The van der Waals surface area contributed by atoms with Crippen molar-refractivity contribution in [1.82, 2.24) is 31.4 Å². The number of hydrogen-bond donors (Lipinski definition) is 4. The Kier molecular flexibility index (Phi) is 24.5. The maximum Gasteiger partial charge on any atom is 0.407 e. The molecule has 65 heavy (non-hydrogen) atoms. The van der Waals surface area contributed by atoms with E-state index in [2.05, 4.69) is 26.4 Å². The standard InChI is InChI=1S/C48H72N6O11/c1-47(2,3)41(52-46(58)65-33-32-64-31-30-63-29-28-62-27-26-61-25-24-59-7)43(55)50-39(34-36-14-10-9-11-15-36)21-23-54(53-44(56)42(48(4,5)6)51-45(57)60-8)35-37-17-19-38(20-18-37)40-16-12-13-22-49-40/h9-20,22,39,41-42H,21,23-35H2,1-8H3,(H,50,55)(H,51,57)(H,52,58)(H,53,56)/t39?,41-,42-/m0/s1. The normalized spacial score (nSPS) is 13.1. The molecular formula is C48H72N6O11. The predicted molar refractivity (Wildman–Crippen MR) is 247 cm³/mol. The third kappa shape index (κ3) is 22.0. The average Bonchev–Trinajstić information content (AvgIpc) is 3.27. The molecule has 0 fully saturated rings. The van der Waals surface area contributed by atoms with Crippen LogP contribution < -0.4 is 21.4 Å². The monoisotopic (exact) mass is 909 g/mol. The number of alkyl carbamates (subject to hydrolysis) is 2. The Morgan fingerprint density at radius 3 is 1.68 bits per heavy atom. The predicted octanol–water partition coefficient (Wildman–Crippen LogP) is 5.32. The Bertz CT molecular complexity index is 1810. The van der Waals surface area contributed by atoms with Gasteiger partial charge in [0.05, 0.1) is 72.3 Å². The van der Waals surface area contributed by atoms with Crippen LogP contribution >= 0.6 is 0 Å². The van der Waals surface area contributed by atoms with Gasteiger partial charge in [0.2, 0.25) is 5.91 Å². The van der Waals surface area contributed by atoms with Crippen molar-refractivity contribution >= 4 is 24.0 Å². The van der Waals surface area contributed by atoms with Crippen LogP contribution in [0.2, 0.25) is 0 Å². The van der Waals surface area contributed by atoms with E-state index >= 15 is 0 Å². The first-order valence-electron chi connectivity index (χ1n) is 22.1. The molecule has 0 spiro atoms. The van der Waals surface area contributed by atoms with Crippen LogP contribution in [-0.4, -0.2) is 139 Å². The molecule has 17 nitrogen and oxygen atoms in total. The van der Waals surface area contributed by atoms with Crippen molar-refractivity contribution in [2.45, 2.75) is 79.1 Å². The lowest BCUT2D eigenvalue weighted by Crippen LogP contribution is -2.58. The van der Waals surface area contributed by atoms with Gasteiger partial charge < -0.3 is 49.1 Å². The number of nitrogens with one attached hydrogen (secondary N) is 4. The van der Waals surface area contributed by atoms with Crippen molar-refractivity contribution in [2.24, 2.45) is 10.8 Å². The van der Waals surface area contributed by atoms with Crippen molar-refractivity contribution in [3.8, 4) is 11.3 Å². The Morgan fingerprint density at radius 1 is 0.600 bits per heavy atom. The summed E-state index contributed by atoms with van der Waals surface area (Å²) in [5, 5.41) is 10.4. The molecule has 3 atom stereocenters. The van der Waals surface area contributed by atoms with Gasteiger partial charge in [-0.25, -0.2) is 14.6 Å². The Hall–Kier alpha value is -5.17. The van der Waals surface area contributed by atoms with Gasteiger partial charge in [0.15, 0.2) is 0 Å². The van der Waals surface area contributed by atoms with Crippen LogP contribution in [0.15, 0.2) is 79.0 Å². The largest absolute Gasteiger partial charge is 0.453 e. The van der Waals surface area contributed by atoms with E-state index in [1.807, 2.05) is 114 Å². The van der Waals surface area contributed by atoms with Crippen molar-refractivity contribution in [3.05, 3.63) is 90.1 Å². The van der Waals surface area contributed by atoms with E-state index in [1.165, 1.54) is 7.11 Å². The fourth-order valence-corrected chi connectivity index (χ4v) is 6.43. The van der Waals surface area contributed by atoms with Crippen molar-refractivity contribution in [1.29, 1.82) is 0 Å². The minimum Gasteiger partial charge on any atom is -0.453 e. The number of hydrazine groups is 1. The Morgan fingerprint density at radius 2 is 1.14 bits per heavy atom. The summed E-state index contributed by atoms with van der Waals surface area (Å²) in [4.78, 5) is 57.9. The van der Waals surface area contributed by atoms with E-state index in [0.29, 0.717) is 78.8 Å². The molecule has 0 aliphatic heterocycles. The molecule has 1 heterocycles. The zero-order chi connectivity index (χ0) is 47.5. The summed E-state index contributed by atoms with van der Waals surface area (Å²) < 4.78 is 37.0. The molecule has 0 saturated carbocycles. The number of benzene rings is 2. The highest BCUT2D eigenvalue weighted by Crippen LogP contribution is 2.23. The van der Waals surface area contributed by atoms with Gasteiger partial charge in [-0.2, -0.15) is 0 Å². The van der Waals surface area contributed by atoms with Gasteiger partial charge >= 0.3 is 12.2 Å². The summed E-state index contributed by atoms with van der Waals surface area (Å²) in [7, 11) is 2.87. The van der Waals surface area contributed by atoms with Crippen molar-refractivity contribution < 1.29 is 52.3 Å². The Labute approximate surface area is 384 Å². The van der Waals surface area contributed by atoms with Gasteiger partial charge in [0, 0.05) is 38.0 Å². The van der Waals surface area contributed by atoms with E-state index in [9.17, 15) is 19.2 Å². The number of carbonyl (C=O) groups is 4. The van der Waals surface area contributed by atoms with Gasteiger partial charge in [0.25, 0.3) is 5.91 Å². The fraction of sp³-hybridized carbons (Fsp3) is 0.562. The lowest BCUT2D eigenvalue weighted by atomic mass is 9.86. The number of rotatable bonds is 29. The molecule has 4 N–H and O–H groups in total. The van der Waals surface area contributed by atoms with Crippen molar-refractivity contribution in [3.63, 3.8) is 0 Å². The fourth-order valence-electron chi connectivity index (χ4n) is 6.43. The van der Waals surface area contributed by atoms with Crippen LogP contribution in [-0.2, 0) is 55.7 Å². The molecule has 3 rings (SSSR count). The molecule has 1 unspecified atom stereocenters. The highest BCUT2D eigenvalue weighted by Gasteiger charge is 2.36. The number of amides is 4. The molecule has 0 bridgehead atoms. The van der Waals surface area contributed by atoms with E-state index in [1.54, 1.807) is 18.3 Å². The van der Waals surface area contributed by atoms with Crippen molar-refractivity contribution in [2.75, 3.05) is 86.8 Å². The SMILES string of the molecule is COCCOCCOCCOCCOCCOC(=O)N[C@@H](C(=O)NC(CCN(Cc1ccc(-c2ccccn2)cc1)NC(=O)[C@H](NC(=O)OC)C(C)(C)C)Cc1ccccc1)C(C)(C)C.